The number of allylic oxidation sites excluding steroid dienone is 4. The molecule has 6 nitrogen and oxygen atoms in total. The van der Waals surface area contributed by atoms with Gasteiger partial charge in [0, 0.05) is 19.3 Å². The van der Waals surface area contributed by atoms with Crippen LogP contribution < -0.4 is 0 Å². The second-order valence-electron chi connectivity index (χ2n) is 25.6. The van der Waals surface area contributed by atoms with Gasteiger partial charge in [-0.25, -0.2) is 0 Å². The van der Waals surface area contributed by atoms with Crippen molar-refractivity contribution in [1.29, 1.82) is 0 Å². The van der Waals surface area contributed by atoms with Gasteiger partial charge in [-0.2, -0.15) is 0 Å². The molecule has 0 heterocycles. The van der Waals surface area contributed by atoms with Crippen molar-refractivity contribution in [3.05, 3.63) is 24.3 Å². The van der Waals surface area contributed by atoms with E-state index < -0.39 is 6.10 Å². The van der Waals surface area contributed by atoms with Crippen LogP contribution in [0.3, 0.4) is 0 Å². The molecule has 484 valence electrons. The first-order valence-corrected chi connectivity index (χ1v) is 37.3. The summed E-state index contributed by atoms with van der Waals surface area (Å²) >= 11 is 0. The molecule has 0 aliphatic heterocycles. The molecular weight excluding hydrogens is 1010 g/mol. The molecule has 6 heteroatoms. The third kappa shape index (κ3) is 68.7. The molecule has 0 amide bonds. The molecule has 0 fully saturated rings. The Morgan fingerprint density at radius 1 is 0.244 bits per heavy atom. The van der Waals surface area contributed by atoms with E-state index in [-0.39, 0.29) is 31.1 Å². The topological polar surface area (TPSA) is 78.9 Å². The predicted octanol–water partition coefficient (Wildman–Crippen LogP) is 25.7. The first kappa shape index (κ1) is 79.9. The Labute approximate surface area is 513 Å². The average Bonchev–Trinajstić information content (AvgIpc) is 3.48. The summed E-state index contributed by atoms with van der Waals surface area (Å²) in [4.78, 5) is 38.5. The summed E-state index contributed by atoms with van der Waals surface area (Å²) in [6.45, 7) is 6.72. The third-order valence-electron chi connectivity index (χ3n) is 17.2. The van der Waals surface area contributed by atoms with Crippen LogP contribution in [-0.2, 0) is 28.6 Å². The van der Waals surface area contributed by atoms with Crippen molar-refractivity contribution < 1.29 is 28.6 Å². The number of hydrogen-bond donors (Lipinski definition) is 0. The number of ether oxygens (including phenoxy) is 3. The van der Waals surface area contributed by atoms with Crippen LogP contribution in [0.25, 0.3) is 0 Å². The Hall–Kier alpha value is -2.11. The normalized spacial score (nSPS) is 12.1. The molecule has 1 unspecified atom stereocenters. The van der Waals surface area contributed by atoms with E-state index in [2.05, 4.69) is 45.1 Å². The first-order valence-electron chi connectivity index (χ1n) is 37.3. The van der Waals surface area contributed by atoms with E-state index in [1.807, 2.05) is 0 Å². The van der Waals surface area contributed by atoms with Crippen molar-refractivity contribution in [2.75, 3.05) is 13.2 Å². The predicted molar refractivity (Wildman–Crippen MR) is 358 cm³/mol. The molecule has 1 atom stereocenters. The SMILES string of the molecule is CCCCCCC/C=C\C/C=C\CCCCCCCCCCCCCCCCCCCCCC(=O)OCC(COC(=O)CCCCCCCCCCCCCCCCCC)OC(=O)CCCCCCCCCCCCCCCCCCC. The molecule has 0 aliphatic carbocycles. The Balaban J connectivity index is 4.16. The highest BCUT2D eigenvalue weighted by atomic mass is 16.6. The fraction of sp³-hybridized carbons (Fsp3) is 0.908. The molecule has 0 saturated heterocycles. The van der Waals surface area contributed by atoms with Crippen molar-refractivity contribution in [1.82, 2.24) is 0 Å². The van der Waals surface area contributed by atoms with Crippen LogP contribution in [-0.4, -0.2) is 37.2 Å². The van der Waals surface area contributed by atoms with E-state index >= 15 is 0 Å². The van der Waals surface area contributed by atoms with Gasteiger partial charge in [-0.15, -0.1) is 0 Å². The summed E-state index contributed by atoms with van der Waals surface area (Å²) in [5, 5.41) is 0. The summed E-state index contributed by atoms with van der Waals surface area (Å²) < 4.78 is 17.0. The number of esters is 3. The maximum Gasteiger partial charge on any atom is 0.306 e. The van der Waals surface area contributed by atoms with E-state index in [1.54, 1.807) is 0 Å². The van der Waals surface area contributed by atoms with E-state index in [0.29, 0.717) is 19.3 Å². The molecule has 0 spiro atoms. The van der Waals surface area contributed by atoms with E-state index in [1.165, 1.54) is 321 Å². The highest BCUT2D eigenvalue weighted by Crippen LogP contribution is 2.19. The zero-order valence-electron chi connectivity index (χ0n) is 55.8. The fourth-order valence-corrected chi connectivity index (χ4v) is 11.6. The lowest BCUT2D eigenvalue weighted by molar-refractivity contribution is -0.167. The molecule has 0 aromatic rings. The van der Waals surface area contributed by atoms with Crippen molar-refractivity contribution in [3.63, 3.8) is 0 Å². The number of hydrogen-bond acceptors (Lipinski definition) is 6. The lowest BCUT2D eigenvalue weighted by atomic mass is 10.0. The maximum absolute atomic E-state index is 13.0. The Kier molecular flexibility index (Phi) is 69.5. The van der Waals surface area contributed by atoms with E-state index in [9.17, 15) is 14.4 Å². The van der Waals surface area contributed by atoms with Crippen molar-refractivity contribution in [2.45, 2.75) is 431 Å². The van der Waals surface area contributed by atoms with Gasteiger partial charge < -0.3 is 14.2 Å². The third-order valence-corrected chi connectivity index (χ3v) is 17.2. The molecule has 0 N–H and O–H groups in total. The van der Waals surface area contributed by atoms with Crippen molar-refractivity contribution in [2.24, 2.45) is 0 Å². The Morgan fingerprint density at radius 3 is 0.671 bits per heavy atom. The molecule has 0 saturated carbocycles. The van der Waals surface area contributed by atoms with Crippen LogP contribution in [0.4, 0.5) is 0 Å². The number of rotatable bonds is 70. The highest BCUT2D eigenvalue weighted by Gasteiger charge is 2.20. The van der Waals surface area contributed by atoms with Crippen LogP contribution >= 0.6 is 0 Å². The number of carbonyl (C=O) groups is 3. The van der Waals surface area contributed by atoms with Gasteiger partial charge in [-0.3, -0.25) is 14.4 Å². The molecule has 0 aromatic carbocycles. The van der Waals surface area contributed by atoms with Crippen LogP contribution in [0.15, 0.2) is 24.3 Å². The Bertz CT molecular complexity index is 1320. The smallest absolute Gasteiger partial charge is 0.306 e. The average molecular weight is 1150 g/mol. The van der Waals surface area contributed by atoms with E-state index in [0.717, 1.165) is 64.2 Å². The standard InChI is InChI=1S/C76H144O6/c1-4-7-10-13-16-19-22-25-28-31-32-33-34-35-36-37-38-39-40-41-42-43-44-46-48-51-54-57-60-63-66-69-75(78)81-72-73(71-80-74(77)68-65-62-59-56-53-50-47-30-27-24-21-18-15-12-9-6-3)82-76(79)70-67-64-61-58-55-52-49-45-29-26-23-20-17-14-11-8-5-2/h22,25,31-32,73H,4-21,23-24,26-30,33-72H2,1-3H3/b25-22-,32-31-. The summed E-state index contributed by atoms with van der Waals surface area (Å²) in [5.74, 6) is -0.824. The van der Waals surface area contributed by atoms with Gasteiger partial charge >= 0.3 is 17.9 Å². The van der Waals surface area contributed by atoms with Crippen LogP contribution in [0.2, 0.25) is 0 Å². The lowest BCUT2D eigenvalue weighted by Gasteiger charge is -2.18. The number of unbranched alkanes of at least 4 members (excludes halogenated alkanes) is 55. The monoisotopic (exact) mass is 1150 g/mol. The molecule has 0 radical (unpaired) electrons. The maximum atomic E-state index is 13.0. The quantitative estimate of drug-likeness (QED) is 0.0261. The molecule has 0 rings (SSSR count). The minimum Gasteiger partial charge on any atom is -0.462 e. The van der Waals surface area contributed by atoms with Crippen molar-refractivity contribution in [3.8, 4) is 0 Å². The van der Waals surface area contributed by atoms with Crippen LogP contribution in [0.5, 0.6) is 0 Å². The first-order chi connectivity index (χ1) is 40.5. The summed E-state index contributed by atoms with van der Waals surface area (Å²) in [6.07, 6.45) is 87.9. The lowest BCUT2D eigenvalue weighted by Crippen LogP contribution is -2.30. The summed E-state index contributed by atoms with van der Waals surface area (Å²) in [5.41, 5.74) is 0. The number of carbonyl (C=O) groups excluding carboxylic acids is 3. The highest BCUT2D eigenvalue weighted by molar-refractivity contribution is 5.71. The van der Waals surface area contributed by atoms with Gasteiger partial charge in [-0.1, -0.05) is 379 Å². The largest absolute Gasteiger partial charge is 0.462 e. The van der Waals surface area contributed by atoms with Gasteiger partial charge in [0.05, 0.1) is 0 Å². The molecule has 0 aromatic heterocycles. The summed E-state index contributed by atoms with van der Waals surface area (Å²) in [7, 11) is 0. The minimum absolute atomic E-state index is 0.0625. The zero-order valence-corrected chi connectivity index (χ0v) is 55.8. The van der Waals surface area contributed by atoms with Gasteiger partial charge in [0.15, 0.2) is 6.10 Å². The second-order valence-corrected chi connectivity index (χ2v) is 25.6. The van der Waals surface area contributed by atoms with E-state index in [4.69, 9.17) is 14.2 Å². The molecule has 0 bridgehead atoms. The summed E-state index contributed by atoms with van der Waals surface area (Å²) in [6, 6.07) is 0. The molecular formula is C76H144O6. The Morgan fingerprint density at radius 2 is 0.439 bits per heavy atom. The molecule has 0 aliphatic rings. The van der Waals surface area contributed by atoms with Crippen LogP contribution in [0.1, 0.15) is 425 Å². The van der Waals surface area contributed by atoms with Crippen LogP contribution in [0, 0.1) is 0 Å². The van der Waals surface area contributed by atoms with Gasteiger partial charge in [0.25, 0.3) is 0 Å². The second kappa shape index (κ2) is 71.4. The minimum atomic E-state index is -0.766. The fourth-order valence-electron chi connectivity index (χ4n) is 11.6. The van der Waals surface area contributed by atoms with Gasteiger partial charge in [-0.05, 0) is 51.4 Å². The van der Waals surface area contributed by atoms with Crippen molar-refractivity contribution >= 4 is 17.9 Å². The zero-order chi connectivity index (χ0) is 59.2. The van der Waals surface area contributed by atoms with Gasteiger partial charge in [0.1, 0.15) is 13.2 Å². The van der Waals surface area contributed by atoms with Gasteiger partial charge in [0.2, 0.25) is 0 Å². The molecule has 82 heavy (non-hydrogen) atoms.